The highest BCUT2D eigenvalue weighted by molar-refractivity contribution is 5.94. The van der Waals surface area contributed by atoms with Crippen molar-refractivity contribution in [2.45, 2.75) is 33.2 Å². The van der Waals surface area contributed by atoms with Crippen LogP contribution in [0.5, 0.6) is 0 Å². The zero-order valence-corrected chi connectivity index (χ0v) is 14.3. The average molecular weight is 321 g/mol. The topological polar surface area (TPSA) is 37.6 Å². The first-order valence-electron chi connectivity index (χ1n) is 8.53. The van der Waals surface area contributed by atoms with Crippen LogP contribution >= 0.6 is 0 Å². The summed E-state index contributed by atoms with van der Waals surface area (Å²) in [5.74, 6) is 0.0449. The number of rotatable bonds is 6. The number of carbonyl (C=O) groups is 1. The molecule has 0 N–H and O–H groups in total. The Morgan fingerprint density at radius 2 is 1.83 bits per heavy atom. The number of hydrogen-bond acceptors (Lipinski definition) is 2. The number of benzene rings is 1. The quantitative estimate of drug-likeness (QED) is 0.689. The summed E-state index contributed by atoms with van der Waals surface area (Å²) in [7, 11) is 0. The largest absolute Gasteiger partial charge is 0.333 e. The summed E-state index contributed by atoms with van der Waals surface area (Å²) < 4.78 is 1.92. The normalized spacial score (nSPS) is 10.9. The Balaban J connectivity index is 1.98. The molecule has 4 heteroatoms. The lowest BCUT2D eigenvalue weighted by atomic mass is 10.1. The van der Waals surface area contributed by atoms with E-state index in [9.17, 15) is 4.79 Å². The third-order valence-electron chi connectivity index (χ3n) is 4.18. The van der Waals surface area contributed by atoms with Gasteiger partial charge in [0, 0.05) is 19.3 Å². The molecular weight excluding hydrogens is 298 g/mol. The SMILES string of the molecule is CCCc1nc2ccccn2c1C(=O)N(CC)Cc1ccccc1. The first kappa shape index (κ1) is 16.2. The molecule has 0 aliphatic carbocycles. The van der Waals surface area contributed by atoms with Gasteiger partial charge in [0.25, 0.3) is 5.91 Å². The van der Waals surface area contributed by atoms with Gasteiger partial charge in [-0.25, -0.2) is 4.98 Å². The summed E-state index contributed by atoms with van der Waals surface area (Å²) in [6.45, 7) is 5.41. The van der Waals surface area contributed by atoms with Crippen molar-refractivity contribution in [2.75, 3.05) is 6.54 Å². The van der Waals surface area contributed by atoms with Gasteiger partial charge in [0.1, 0.15) is 11.3 Å². The third kappa shape index (κ3) is 3.18. The smallest absolute Gasteiger partial charge is 0.273 e. The molecule has 0 saturated carbocycles. The number of carbonyl (C=O) groups excluding carboxylic acids is 1. The van der Waals surface area contributed by atoms with Crippen molar-refractivity contribution in [3.8, 4) is 0 Å². The highest BCUT2D eigenvalue weighted by Gasteiger charge is 2.23. The Morgan fingerprint density at radius 1 is 1.08 bits per heavy atom. The van der Waals surface area contributed by atoms with Crippen LogP contribution in [0.3, 0.4) is 0 Å². The standard InChI is InChI=1S/C20H23N3O/c1-3-10-17-19(23-14-9-8-13-18(23)21-17)20(24)22(4-2)15-16-11-6-5-7-12-16/h5-9,11-14H,3-4,10,15H2,1-2H3. The molecule has 1 aromatic carbocycles. The summed E-state index contributed by atoms with van der Waals surface area (Å²) in [6.07, 6.45) is 3.70. The first-order chi connectivity index (χ1) is 11.7. The predicted molar refractivity (Wildman–Crippen MR) is 96.0 cm³/mol. The molecule has 3 rings (SSSR count). The van der Waals surface area contributed by atoms with E-state index in [1.165, 1.54) is 0 Å². The fourth-order valence-corrected chi connectivity index (χ4v) is 2.96. The predicted octanol–water partition coefficient (Wildman–Crippen LogP) is 3.95. The van der Waals surface area contributed by atoms with E-state index in [-0.39, 0.29) is 5.91 Å². The first-order valence-corrected chi connectivity index (χ1v) is 8.53. The molecule has 0 spiro atoms. The van der Waals surface area contributed by atoms with Crippen LogP contribution in [0.1, 0.15) is 42.0 Å². The number of pyridine rings is 1. The van der Waals surface area contributed by atoms with E-state index in [1.54, 1.807) is 0 Å². The van der Waals surface area contributed by atoms with Crippen molar-refractivity contribution < 1.29 is 4.79 Å². The summed E-state index contributed by atoms with van der Waals surface area (Å²) in [5.41, 5.74) is 3.56. The molecule has 124 valence electrons. The lowest BCUT2D eigenvalue weighted by Crippen LogP contribution is -2.32. The maximum Gasteiger partial charge on any atom is 0.273 e. The number of imidazole rings is 1. The number of amides is 1. The van der Waals surface area contributed by atoms with E-state index in [0.717, 1.165) is 29.7 Å². The van der Waals surface area contributed by atoms with Crippen LogP contribution in [0.25, 0.3) is 5.65 Å². The van der Waals surface area contributed by atoms with Crippen molar-refractivity contribution in [1.29, 1.82) is 0 Å². The molecular formula is C20H23N3O. The Labute approximate surface area is 142 Å². The second-order valence-corrected chi connectivity index (χ2v) is 5.89. The highest BCUT2D eigenvalue weighted by Crippen LogP contribution is 2.18. The van der Waals surface area contributed by atoms with Crippen molar-refractivity contribution in [2.24, 2.45) is 0 Å². The van der Waals surface area contributed by atoms with E-state index >= 15 is 0 Å². The van der Waals surface area contributed by atoms with Crippen LogP contribution in [0.2, 0.25) is 0 Å². The van der Waals surface area contributed by atoms with Gasteiger partial charge in [0.05, 0.1) is 5.69 Å². The van der Waals surface area contributed by atoms with Crippen LogP contribution < -0.4 is 0 Å². The summed E-state index contributed by atoms with van der Waals surface area (Å²) in [4.78, 5) is 19.8. The van der Waals surface area contributed by atoms with Gasteiger partial charge >= 0.3 is 0 Å². The molecule has 0 radical (unpaired) electrons. The molecule has 24 heavy (non-hydrogen) atoms. The number of hydrogen-bond donors (Lipinski definition) is 0. The maximum absolute atomic E-state index is 13.2. The van der Waals surface area contributed by atoms with E-state index < -0.39 is 0 Å². The number of fused-ring (bicyclic) bond motifs is 1. The summed E-state index contributed by atoms with van der Waals surface area (Å²) in [6, 6.07) is 15.9. The zero-order valence-electron chi connectivity index (χ0n) is 14.3. The molecule has 1 amide bonds. The Bertz CT molecular complexity index is 823. The van der Waals surface area contributed by atoms with E-state index in [1.807, 2.05) is 58.8 Å². The summed E-state index contributed by atoms with van der Waals surface area (Å²) in [5, 5.41) is 0. The molecule has 0 fully saturated rings. The fraction of sp³-hybridized carbons (Fsp3) is 0.300. The van der Waals surface area contributed by atoms with Gasteiger partial charge in [-0.05, 0) is 31.0 Å². The Morgan fingerprint density at radius 3 is 2.54 bits per heavy atom. The maximum atomic E-state index is 13.2. The molecule has 0 atom stereocenters. The van der Waals surface area contributed by atoms with Crippen LogP contribution in [-0.2, 0) is 13.0 Å². The molecule has 4 nitrogen and oxygen atoms in total. The molecule has 0 aliphatic rings. The number of aryl methyl sites for hydroxylation is 1. The Hall–Kier alpha value is -2.62. The highest BCUT2D eigenvalue weighted by atomic mass is 16.2. The van der Waals surface area contributed by atoms with Crippen LogP contribution in [0.15, 0.2) is 54.7 Å². The zero-order chi connectivity index (χ0) is 16.9. The minimum atomic E-state index is 0.0449. The molecule has 0 unspecified atom stereocenters. The third-order valence-corrected chi connectivity index (χ3v) is 4.18. The van der Waals surface area contributed by atoms with Gasteiger partial charge in [-0.15, -0.1) is 0 Å². The minimum absolute atomic E-state index is 0.0449. The molecule has 0 aliphatic heterocycles. The molecule has 2 heterocycles. The van der Waals surface area contributed by atoms with Crippen molar-refractivity contribution in [3.05, 3.63) is 71.7 Å². The van der Waals surface area contributed by atoms with Gasteiger partial charge in [-0.1, -0.05) is 49.7 Å². The van der Waals surface area contributed by atoms with Crippen LogP contribution in [0.4, 0.5) is 0 Å². The molecule has 0 bridgehead atoms. The van der Waals surface area contributed by atoms with Gasteiger partial charge < -0.3 is 4.90 Å². The van der Waals surface area contributed by atoms with Crippen LogP contribution in [0, 0.1) is 0 Å². The van der Waals surface area contributed by atoms with Gasteiger partial charge in [-0.3, -0.25) is 9.20 Å². The minimum Gasteiger partial charge on any atom is -0.333 e. The Kier molecular flexibility index (Phi) is 4.94. The molecule has 3 aromatic rings. The monoisotopic (exact) mass is 321 g/mol. The van der Waals surface area contributed by atoms with E-state index in [0.29, 0.717) is 18.8 Å². The lowest BCUT2D eigenvalue weighted by molar-refractivity contribution is 0.0744. The summed E-state index contributed by atoms with van der Waals surface area (Å²) >= 11 is 0. The van der Waals surface area contributed by atoms with Gasteiger partial charge in [-0.2, -0.15) is 0 Å². The van der Waals surface area contributed by atoms with Crippen LogP contribution in [-0.4, -0.2) is 26.7 Å². The number of aromatic nitrogens is 2. The second kappa shape index (κ2) is 7.30. The average Bonchev–Trinajstić information content (AvgIpc) is 2.98. The molecule has 0 saturated heterocycles. The second-order valence-electron chi connectivity index (χ2n) is 5.89. The van der Waals surface area contributed by atoms with E-state index in [4.69, 9.17) is 0 Å². The molecule has 2 aromatic heterocycles. The van der Waals surface area contributed by atoms with E-state index in [2.05, 4.69) is 24.0 Å². The van der Waals surface area contributed by atoms with Gasteiger partial charge in [0.15, 0.2) is 0 Å². The fourth-order valence-electron chi connectivity index (χ4n) is 2.96. The lowest BCUT2D eigenvalue weighted by Gasteiger charge is -2.21. The van der Waals surface area contributed by atoms with Crippen molar-refractivity contribution in [1.82, 2.24) is 14.3 Å². The van der Waals surface area contributed by atoms with Gasteiger partial charge in [0.2, 0.25) is 0 Å². The number of nitrogens with zero attached hydrogens (tertiary/aromatic N) is 3. The van der Waals surface area contributed by atoms with Crippen molar-refractivity contribution in [3.63, 3.8) is 0 Å². The van der Waals surface area contributed by atoms with Crippen molar-refractivity contribution >= 4 is 11.6 Å².